The number of carbonyl (C=O) groups is 1. The summed E-state index contributed by atoms with van der Waals surface area (Å²) in [5, 5.41) is -0.725. The fourth-order valence-corrected chi connectivity index (χ4v) is 4.85. The summed E-state index contributed by atoms with van der Waals surface area (Å²) in [6.07, 6.45) is 0. The van der Waals surface area contributed by atoms with Gasteiger partial charge in [-0.05, 0) is 5.41 Å². The van der Waals surface area contributed by atoms with E-state index in [1.54, 1.807) is 18.7 Å². The summed E-state index contributed by atoms with van der Waals surface area (Å²) in [4.78, 5) is 13.9. The van der Waals surface area contributed by atoms with Gasteiger partial charge < -0.3 is 10.6 Å². The first-order valence-electron chi connectivity index (χ1n) is 6.46. The van der Waals surface area contributed by atoms with Crippen molar-refractivity contribution in [2.24, 2.45) is 11.1 Å². The molecule has 2 N–H and O–H groups in total. The van der Waals surface area contributed by atoms with E-state index >= 15 is 0 Å². The molecule has 7 heteroatoms. The fourth-order valence-electron chi connectivity index (χ4n) is 1.87. The molecule has 0 saturated carbocycles. The fraction of sp³-hybridized carbons (Fsp3) is 0.917. The minimum absolute atomic E-state index is 0.0484. The van der Waals surface area contributed by atoms with Gasteiger partial charge >= 0.3 is 0 Å². The predicted molar refractivity (Wildman–Crippen MR) is 79.7 cm³/mol. The van der Waals surface area contributed by atoms with Crippen molar-refractivity contribution >= 4 is 27.5 Å². The van der Waals surface area contributed by atoms with E-state index in [1.807, 2.05) is 20.8 Å². The van der Waals surface area contributed by atoms with Crippen LogP contribution < -0.4 is 5.73 Å². The lowest BCUT2D eigenvalue weighted by Crippen LogP contribution is -2.58. The van der Waals surface area contributed by atoms with E-state index in [-0.39, 0.29) is 17.1 Å². The summed E-state index contributed by atoms with van der Waals surface area (Å²) in [5.41, 5.74) is 5.61. The standard InChI is InChI=1S/C12H24N2O3S2/c1-5-19(16,17)9-8-18-7-6-14(9)11(15)10(13)12(2,3)4/h9-10H,5-8,13H2,1-4H3/t9?,10-/m0/s1. The molecule has 112 valence electrons. The Morgan fingerprint density at radius 1 is 1.47 bits per heavy atom. The monoisotopic (exact) mass is 308 g/mol. The highest BCUT2D eigenvalue weighted by Gasteiger charge is 2.40. The molecule has 19 heavy (non-hydrogen) atoms. The summed E-state index contributed by atoms with van der Waals surface area (Å²) in [6.45, 7) is 7.73. The van der Waals surface area contributed by atoms with E-state index in [0.717, 1.165) is 5.75 Å². The molecule has 0 aromatic carbocycles. The molecule has 2 atom stereocenters. The Bertz CT molecular complexity index is 429. The van der Waals surface area contributed by atoms with Crippen LogP contribution in [0.5, 0.6) is 0 Å². The molecule has 1 amide bonds. The molecule has 1 heterocycles. The Kier molecular flexibility index (Phi) is 5.31. The summed E-state index contributed by atoms with van der Waals surface area (Å²) in [6, 6.07) is -0.676. The zero-order chi connectivity index (χ0) is 14.8. The number of nitrogens with two attached hydrogens (primary N) is 1. The van der Waals surface area contributed by atoms with Gasteiger partial charge in [0.25, 0.3) is 0 Å². The molecule has 0 aliphatic carbocycles. The van der Waals surface area contributed by atoms with Crippen LogP contribution in [0.15, 0.2) is 0 Å². The van der Waals surface area contributed by atoms with Crippen molar-refractivity contribution < 1.29 is 13.2 Å². The third kappa shape index (κ3) is 3.86. The van der Waals surface area contributed by atoms with Crippen LogP contribution in [0.4, 0.5) is 0 Å². The van der Waals surface area contributed by atoms with Crippen molar-refractivity contribution in [2.45, 2.75) is 39.1 Å². The smallest absolute Gasteiger partial charge is 0.241 e. The molecule has 1 saturated heterocycles. The minimum atomic E-state index is -3.27. The maximum Gasteiger partial charge on any atom is 0.241 e. The molecule has 1 rings (SSSR count). The molecule has 0 bridgehead atoms. The number of thioether (sulfide) groups is 1. The Morgan fingerprint density at radius 3 is 2.53 bits per heavy atom. The first-order chi connectivity index (χ1) is 8.61. The number of nitrogens with zero attached hydrogens (tertiary/aromatic N) is 1. The van der Waals surface area contributed by atoms with Crippen LogP contribution in [0.2, 0.25) is 0 Å². The number of carbonyl (C=O) groups excluding carboxylic acids is 1. The van der Waals surface area contributed by atoms with Crippen molar-refractivity contribution in [2.75, 3.05) is 23.8 Å². The van der Waals surface area contributed by atoms with Crippen molar-refractivity contribution in [3.05, 3.63) is 0 Å². The first kappa shape index (κ1) is 16.8. The van der Waals surface area contributed by atoms with Crippen LogP contribution >= 0.6 is 11.8 Å². The molecular formula is C12H24N2O3S2. The lowest BCUT2D eigenvalue weighted by Gasteiger charge is -2.38. The van der Waals surface area contributed by atoms with Crippen LogP contribution in [-0.4, -0.2) is 54.4 Å². The van der Waals surface area contributed by atoms with Crippen molar-refractivity contribution in [1.82, 2.24) is 4.90 Å². The van der Waals surface area contributed by atoms with Crippen molar-refractivity contribution in [1.29, 1.82) is 0 Å². The minimum Gasteiger partial charge on any atom is -0.323 e. The lowest BCUT2D eigenvalue weighted by molar-refractivity contribution is -0.135. The normalized spacial score (nSPS) is 23.2. The summed E-state index contributed by atoms with van der Waals surface area (Å²) >= 11 is 1.57. The molecule has 0 aromatic heterocycles. The van der Waals surface area contributed by atoms with E-state index in [2.05, 4.69) is 0 Å². The lowest BCUT2D eigenvalue weighted by atomic mass is 9.86. The van der Waals surface area contributed by atoms with E-state index in [0.29, 0.717) is 12.3 Å². The van der Waals surface area contributed by atoms with E-state index in [9.17, 15) is 13.2 Å². The Hall–Kier alpha value is -0.270. The van der Waals surface area contributed by atoms with Crippen LogP contribution in [0.25, 0.3) is 0 Å². The van der Waals surface area contributed by atoms with Gasteiger partial charge in [-0.1, -0.05) is 27.7 Å². The van der Waals surface area contributed by atoms with Gasteiger partial charge in [-0.2, -0.15) is 11.8 Å². The second-order valence-corrected chi connectivity index (χ2v) is 9.45. The molecule has 0 aromatic rings. The van der Waals surface area contributed by atoms with Crippen LogP contribution in [0.1, 0.15) is 27.7 Å². The third-order valence-electron chi connectivity index (χ3n) is 3.38. The summed E-state index contributed by atoms with van der Waals surface area (Å²) < 4.78 is 24.2. The van der Waals surface area contributed by atoms with Gasteiger partial charge in [0.1, 0.15) is 5.37 Å². The molecule has 5 nitrogen and oxygen atoms in total. The van der Waals surface area contributed by atoms with Gasteiger partial charge in [0.15, 0.2) is 9.84 Å². The van der Waals surface area contributed by atoms with Gasteiger partial charge in [0, 0.05) is 23.8 Å². The summed E-state index contributed by atoms with van der Waals surface area (Å²) in [7, 11) is -3.27. The van der Waals surface area contributed by atoms with Gasteiger partial charge in [0.05, 0.1) is 6.04 Å². The van der Waals surface area contributed by atoms with E-state index in [4.69, 9.17) is 5.73 Å². The Balaban J connectivity index is 2.99. The second kappa shape index (κ2) is 6.01. The first-order valence-corrected chi connectivity index (χ1v) is 9.33. The molecule has 1 unspecified atom stereocenters. The Morgan fingerprint density at radius 2 is 2.05 bits per heavy atom. The highest BCUT2D eigenvalue weighted by Crippen LogP contribution is 2.25. The topological polar surface area (TPSA) is 80.5 Å². The highest BCUT2D eigenvalue weighted by molar-refractivity contribution is 8.01. The zero-order valence-corrected chi connectivity index (χ0v) is 13.7. The number of hydrogen-bond acceptors (Lipinski definition) is 5. The van der Waals surface area contributed by atoms with E-state index < -0.39 is 21.3 Å². The zero-order valence-electron chi connectivity index (χ0n) is 12.0. The number of rotatable bonds is 3. The molecule has 1 aliphatic rings. The van der Waals surface area contributed by atoms with Gasteiger partial charge in [-0.3, -0.25) is 4.79 Å². The Labute approximate surface area is 120 Å². The van der Waals surface area contributed by atoms with Gasteiger partial charge in [-0.25, -0.2) is 8.42 Å². The van der Waals surface area contributed by atoms with Crippen LogP contribution in [0.3, 0.4) is 0 Å². The largest absolute Gasteiger partial charge is 0.323 e. The maximum absolute atomic E-state index is 12.4. The van der Waals surface area contributed by atoms with Gasteiger partial charge in [0.2, 0.25) is 5.91 Å². The molecular weight excluding hydrogens is 284 g/mol. The van der Waals surface area contributed by atoms with E-state index in [1.165, 1.54) is 4.90 Å². The average molecular weight is 308 g/mol. The second-order valence-electron chi connectivity index (χ2n) is 5.86. The molecule has 0 radical (unpaired) electrons. The maximum atomic E-state index is 12.4. The number of hydrogen-bond donors (Lipinski definition) is 1. The SMILES string of the molecule is CCS(=O)(=O)C1CSCCN1C(=O)[C@H](N)C(C)(C)C. The predicted octanol–water partition coefficient (Wildman–Crippen LogP) is 0.696. The van der Waals surface area contributed by atoms with Crippen LogP contribution in [0, 0.1) is 5.41 Å². The van der Waals surface area contributed by atoms with Crippen LogP contribution in [-0.2, 0) is 14.6 Å². The number of amides is 1. The molecule has 1 fully saturated rings. The van der Waals surface area contributed by atoms with Crippen molar-refractivity contribution in [3.8, 4) is 0 Å². The average Bonchev–Trinajstić information content (AvgIpc) is 2.36. The highest BCUT2D eigenvalue weighted by atomic mass is 32.2. The summed E-state index contributed by atoms with van der Waals surface area (Å²) in [5.74, 6) is 0.999. The quantitative estimate of drug-likeness (QED) is 0.830. The third-order valence-corrected chi connectivity index (χ3v) is 6.67. The molecule has 0 spiro atoms. The van der Waals surface area contributed by atoms with Crippen molar-refractivity contribution in [3.63, 3.8) is 0 Å². The number of sulfone groups is 1. The van der Waals surface area contributed by atoms with Gasteiger partial charge in [-0.15, -0.1) is 0 Å². The molecule has 1 aliphatic heterocycles.